The fourth-order valence-electron chi connectivity index (χ4n) is 1.37. The smallest absolute Gasteiger partial charge is 0.335 e. The van der Waals surface area contributed by atoms with Crippen LogP contribution in [0.3, 0.4) is 0 Å². The molecule has 0 fully saturated rings. The lowest BCUT2D eigenvalue weighted by molar-refractivity contribution is -0.150. The highest BCUT2D eigenvalue weighted by molar-refractivity contribution is 6.30. The van der Waals surface area contributed by atoms with Crippen molar-refractivity contribution in [2.24, 2.45) is 0 Å². The van der Waals surface area contributed by atoms with Gasteiger partial charge in [0.25, 0.3) is 0 Å². The lowest BCUT2D eigenvalue weighted by atomic mass is 10.0. The summed E-state index contributed by atoms with van der Waals surface area (Å²) in [5.74, 6) is -1.96. The molecule has 92 valence electrons. The molecule has 0 aromatic heterocycles. The standard InChI is InChI=1S/C11H11ClO5/c1-17-11(16)9(13)5-6-4-7(12)2-3-8(6)10(14)15/h2-4,9,13H,5H2,1H3,(H,14,15). The van der Waals surface area contributed by atoms with Crippen LogP contribution in [0.25, 0.3) is 0 Å². The predicted molar refractivity (Wildman–Crippen MR) is 60.1 cm³/mol. The number of hydrogen-bond acceptors (Lipinski definition) is 4. The first-order valence-electron chi connectivity index (χ1n) is 4.73. The van der Waals surface area contributed by atoms with E-state index in [1.165, 1.54) is 18.2 Å². The third-order valence-electron chi connectivity index (χ3n) is 2.18. The highest BCUT2D eigenvalue weighted by Gasteiger charge is 2.19. The molecule has 0 amide bonds. The van der Waals surface area contributed by atoms with Crippen molar-refractivity contribution in [2.45, 2.75) is 12.5 Å². The van der Waals surface area contributed by atoms with Gasteiger partial charge in [-0.25, -0.2) is 9.59 Å². The highest BCUT2D eigenvalue weighted by Crippen LogP contribution is 2.18. The second kappa shape index (κ2) is 5.65. The second-order valence-corrected chi connectivity index (χ2v) is 3.79. The Bertz CT molecular complexity index is 443. The molecular weight excluding hydrogens is 248 g/mol. The molecule has 0 heterocycles. The number of methoxy groups -OCH3 is 1. The number of carbonyl (C=O) groups is 2. The van der Waals surface area contributed by atoms with Crippen molar-refractivity contribution in [1.29, 1.82) is 0 Å². The normalized spacial score (nSPS) is 11.9. The molecule has 1 unspecified atom stereocenters. The van der Waals surface area contributed by atoms with Gasteiger partial charge in [-0.2, -0.15) is 0 Å². The van der Waals surface area contributed by atoms with Gasteiger partial charge in [-0.1, -0.05) is 11.6 Å². The van der Waals surface area contributed by atoms with E-state index in [2.05, 4.69) is 4.74 Å². The number of esters is 1. The van der Waals surface area contributed by atoms with Gasteiger partial charge in [-0.05, 0) is 23.8 Å². The minimum Gasteiger partial charge on any atom is -0.478 e. The summed E-state index contributed by atoms with van der Waals surface area (Å²) in [5, 5.41) is 18.7. The Labute approximate surface area is 103 Å². The van der Waals surface area contributed by atoms with E-state index in [1.807, 2.05) is 0 Å². The van der Waals surface area contributed by atoms with E-state index in [9.17, 15) is 14.7 Å². The van der Waals surface area contributed by atoms with E-state index in [0.29, 0.717) is 5.02 Å². The summed E-state index contributed by atoms with van der Waals surface area (Å²) in [6.45, 7) is 0. The number of aliphatic hydroxyl groups is 1. The van der Waals surface area contributed by atoms with Gasteiger partial charge < -0.3 is 14.9 Å². The van der Waals surface area contributed by atoms with Gasteiger partial charge in [0.2, 0.25) is 0 Å². The highest BCUT2D eigenvalue weighted by atomic mass is 35.5. The Kier molecular flexibility index (Phi) is 4.48. The molecule has 0 saturated heterocycles. The molecule has 0 aliphatic rings. The summed E-state index contributed by atoms with van der Waals surface area (Å²) in [4.78, 5) is 21.9. The van der Waals surface area contributed by atoms with Crippen molar-refractivity contribution in [1.82, 2.24) is 0 Å². The van der Waals surface area contributed by atoms with E-state index in [4.69, 9.17) is 16.7 Å². The van der Waals surface area contributed by atoms with Crippen LogP contribution in [0.4, 0.5) is 0 Å². The van der Waals surface area contributed by atoms with E-state index >= 15 is 0 Å². The van der Waals surface area contributed by atoms with Crippen LogP contribution in [-0.2, 0) is 16.0 Å². The van der Waals surface area contributed by atoms with E-state index in [0.717, 1.165) is 7.11 Å². The van der Waals surface area contributed by atoms with Crippen molar-refractivity contribution in [3.8, 4) is 0 Å². The number of halogens is 1. The first-order chi connectivity index (χ1) is 7.95. The van der Waals surface area contributed by atoms with Gasteiger partial charge in [0.1, 0.15) is 0 Å². The molecule has 5 nitrogen and oxygen atoms in total. The molecule has 0 aliphatic heterocycles. The predicted octanol–water partition coefficient (Wildman–Crippen LogP) is 1.11. The topological polar surface area (TPSA) is 83.8 Å². The summed E-state index contributed by atoms with van der Waals surface area (Å²) in [5.41, 5.74) is 0.278. The molecule has 0 bridgehead atoms. The van der Waals surface area contributed by atoms with Gasteiger partial charge in [0.15, 0.2) is 6.10 Å². The van der Waals surface area contributed by atoms with Crippen molar-refractivity contribution < 1.29 is 24.5 Å². The zero-order chi connectivity index (χ0) is 13.0. The molecule has 17 heavy (non-hydrogen) atoms. The fourth-order valence-corrected chi connectivity index (χ4v) is 1.56. The number of aromatic carboxylic acids is 1. The van der Waals surface area contributed by atoms with Crippen LogP contribution in [0.15, 0.2) is 18.2 Å². The maximum absolute atomic E-state index is 11.0. The molecule has 2 N–H and O–H groups in total. The summed E-state index contributed by atoms with van der Waals surface area (Å²) < 4.78 is 4.35. The molecule has 1 rings (SSSR count). The van der Waals surface area contributed by atoms with Gasteiger partial charge in [-0.15, -0.1) is 0 Å². The van der Waals surface area contributed by atoms with Crippen molar-refractivity contribution in [3.63, 3.8) is 0 Å². The number of carbonyl (C=O) groups excluding carboxylic acids is 1. The molecule has 0 spiro atoms. The van der Waals surface area contributed by atoms with Gasteiger partial charge in [-0.3, -0.25) is 0 Å². The van der Waals surface area contributed by atoms with Crippen molar-refractivity contribution in [2.75, 3.05) is 7.11 Å². The molecule has 0 saturated carbocycles. The van der Waals surface area contributed by atoms with Crippen LogP contribution < -0.4 is 0 Å². The van der Waals surface area contributed by atoms with Crippen LogP contribution in [0.1, 0.15) is 15.9 Å². The summed E-state index contributed by atoms with van der Waals surface area (Å²) in [7, 11) is 1.14. The maximum Gasteiger partial charge on any atom is 0.335 e. The van der Waals surface area contributed by atoms with Crippen LogP contribution in [-0.4, -0.2) is 35.4 Å². The van der Waals surface area contributed by atoms with Crippen LogP contribution in [0.5, 0.6) is 0 Å². The minimum atomic E-state index is -1.41. The van der Waals surface area contributed by atoms with E-state index in [-0.39, 0.29) is 17.5 Å². The molecule has 0 aliphatic carbocycles. The summed E-state index contributed by atoms with van der Waals surface area (Å²) in [6.07, 6.45) is -1.56. The average molecular weight is 259 g/mol. The maximum atomic E-state index is 11.0. The fraction of sp³-hybridized carbons (Fsp3) is 0.273. The Morgan fingerprint density at radius 2 is 2.12 bits per heavy atom. The van der Waals surface area contributed by atoms with Crippen molar-refractivity contribution >= 4 is 23.5 Å². The summed E-state index contributed by atoms with van der Waals surface area (Å²) in [6, 6.07) is 4.15. The second-order valence-electron chi connectivity index (χ2n) is 3.35. The molecule has 1 aromatic rings. The van der Waals surface area contributed by atoms with Gasteiger partial charge in [0, 0.05) is 11.4 Å². The number of benzene rings is 1. The Morgan fingerprint density at radius 1 is 1.47 bits per heavy atom. The number of carboxylic acid groups (broad SMARTS) is 1. The lowest BCUT2D eigenvalue weighted by Gasteiger charge is -2.10. The van der Waals surface area contributed by atoms with Gasteiger partial charge >= 0.3 is 11.9 Å². The number of rotatable bonds is 4. The average Bonchev–Trinajstić information content (AvgIpc) is 2.27. The van der Waals surface area contributed by atoms with Crippen LogP contribution in [0, 0.1) is 0 Å². The van der Waals surface area contributed by atoms with Crippen molar-refractivity contribution in [3.05, 3.63) is 34.3 Å². The number of aliphatic hydroxyl groups excluding tert-OH is 1. The number of carboxylic acids is 1. The number of ether oxygens (including phenoxy) is 1. The van der Waals surface area contributed by atoms with Crippen LogP contribution >= 0.6 is 11.6 Å². The first-order valence-corrected chi connectivity index (χ1v) is 5.11. The first kappa shape index (κ1) is 13.5. The minimum absolute atomic E-state index is 0.00245. The molecule has 6 heteroatoms. The third-order valence-corrected chi connectivity index (χ3v) is 2.42. The molecular formula is C11H11ClO5. The Hall–Kier alpha value is -1.59. The SMILES string of the molecule is COC(=O)C(O)Cc1cc(Cl)ccc1C(=O)O. The molecule has 0 radical (unpaired) electrons. The lowest BCUT2D eigenvalue weighted by Crippen LogP contribution is -2.25. The molecule has 1 aromatic carbocycles. The monoisotopic (exact) mass is 258 g/mol. The summed E-state index contributed by atoms with van der Waals surface area (Å²) >= 11 is 5.73. The molecule has 1 atom stereocenters. The van der Waals surface area contributed by atoms with E-state index in [1.54, 1.807) is 0 Å². The zero-order valence-corrected chi connectivity index (χ0v) is 9.77. The van der Waals surface area contributed by atoms with Crippen LogP contribution in [0.2, 0.25) is 5.02 Å². The Balaban J connectivity index is 3.00. The third kappa shape index (κ3) is 3.44. The number of hydrogen-bond donors (Lipinski definition) is 2. The zero-order valence-electron chi connectivity index (χ0n) is 9.01. The largest absolute Gasteiger partial charge is 0.478 e. The Morgan fingerprint density at radius 3 is 2.65 bits per heavy atom. The van der Waals surface area contributed by atoms with Gasteiger partial charge in [0.05, 0.1) is 12.7 Å². The quantitative estimate of drug-likeness (QED) is 0.791. The van der Waals surface area contributed by atoms with E-state index < -0.39 is 18.0 Å².